The molecule has 1 aromatic heterocycles. The molecule has 1 saturated heterocycles. The van der Waals surface area contributed by atoms with Crippen molar-refractivity contribution in [1.29, 1.82) is 0 Å². The number of piperidine rings is 1. The molecule has 0 bridgehead atoms. The van der Waals surface area contributed by atoms with Crippen LogP contribution in [0.3, 0.4) is 0 Å². The second-order valence-corrected chi connectivity index (χ2v) is 6.66. The lowest BCUT2D eigenvalue weighted by Gasteiger charge is -2.37. The smallest absolute Gasteiger partial charge is 0.257 e. The zero-order chi connectivity index (χ0) is 13.8. The van der Waals surface area contributed by atoms with Gasteiger partial charge in [-0.25, -0.2) is 18.1 Å². The van der Waals surface area contributed by atoms with Gasteiger partial charge in [0, 0.05) is 19.1 Å². The van der Waals surface area contributed by atoms with Crippen LogP contribution in [-0.4, -0.2) is 51.7 Å². The average molecular weight is 325 g/mol. The first-order valence-electron chi connectivity index (χ1n) is 6.26. The summed E-state index contributed by atoms with van der Waals surface area (Å²) in [5.41, 5.74) is -0.132. The number of aromatic nitrogens is 2. The van der Waals surface area contributed by atoms with Crippen molar-refractivity contribution in [3.63, 3.8) is 0 Å². The van der Waals surface area contributed by atoms with Crippen LogP contribution < -0.4 is 10.0 Å². The standard InChI is InChI=1S/C11H20N4O3S.ClH/c1-18-8-11(2-4-12-5-3-11)7-15-19(16,17)10-6-13-9-14-10;/h6,9,12,15H,2-5,7-8H2,1H3,(H,13,14);1H. The predicted molar refractivity (Wildman–Crippen MR) is 77.4 cm³/mol. The molecule has 0 spiro atoms. The number of hydrogen-bond donors (Lipinski definition) is 3. The van der Waals surface area contributed by atoms with Gasteiger partial charge in [0.05, 0.1) is 19.1 Å². The summed E-state index contributed by atoms with van der Waals surface area (Å²) in [6, 6.07) is 0. The molecule has 0 aliphatic carbocycles. The first-order chi connectivity index (χ1) is 9.08. The molecule has 9 heteroatoms. The molecule has 0 aromatic carbocycles. The highest BCUT2D eigenvalue weighted by Crippen LogP contribution is 2.28. The summed E-state index contributed by atoms with van der Waals surface area (Å²) in [6.07, 6.45) is 4.44. The van der Waals surface area contributed by atoms with Gasteiger partial charge >= 0.3 is 0 Å². The summed E-state index contributed by atoms with van der Waals surface area (Å²) in [5, 5.41) is 3.37. The minimum atomic E-state index is -3.52. The van der Waals surface area contributed by atoms with E-state index >= 15 is 0 Å². The van der Waals surface area contributed by atoms with Gasteiger partial charge in [0.15, 0.2) is 5.03 Å². The van der Waals surface area contributed by atoms with E-state index in [1.807, 2.05) is 0 Å². The van der Waals surface area contributed by atoms with Crippen LogP contribution in [0, 0.1) is 5.41 Å². The van der Waals surface area contributed by atoms with E-state index in [0.717, 1.165) is 25.9 Å². The molecule has 1 aliphatic rings. The molecular formula is C11H21ClN4O3S. The van der Waals surface area contributed by atoms with Gasteiger partial charge in [-0.05, 0) is 25.9 Å². The van der Waals surface area contributed by atoms with Crippen LogP contribution in [0.1, 0.15) is 12.8 Å². The molecule has 3 N–H and O–H groups in total. The second-order valence-electron chi connectivity index (χ2n) is 4.92. The third kappa shape index (κ3) is 4.16. The molecule has 20 heavy (non-hydrogen) atoms. The van der Waals surface area contributed by atoms with Gasteiger partial charge in [0.2, 0.25) is 0 Å². The fourth-order valence-electron chi connectivity index (χ4n) is 2.35. The van der Waals surface area contributed by atoms with E-state index in [-0.39, 0.29) is 22.8 Å². The summed E-state index contributed by atoms with van der Waals surface area (Å²) in [6.45, 7) is 2.70. The number of nitrogens with one attached hydrogen (secondary N) is 3. The van der Waals surface area contributed by atoms with Crippen molar-refractivity contribution in [1.82, 2.24) is 20.0 Å². The normalized spacial score (nSPS) is 18.4. The molecule has 1 aliphatic heterocycles. The minimum Gasteiger partial charge on any atom is -0.384 e. The Bertz CT molecular complexity index is 480. The molecule has 1 aromatic rings. The molecule has 0 radical (unpaired) electrons. The first-order valence-corrected chi connectivity index (χ1v) is 7.74. The monoisotopic (exact) mass is 324 g/mol. The highest BCUT2D eigenvalue weighted by molar-refractivity contribution is 7.89. The topological polar surface area (TPSA) is 96.1 Å². The van der Waals surface area contributed by atoms with E-state index in [4.69, 9.17) is 4.74 Å². The number of ether oxygens (including phenoxy) is 1. The summed E-state index contributed by atoms with van der Waals surface area (Å²) in [4.78, 5) is 6.33. The Morgan fingerprint density at radius 3 is 2.70 bits per heavy atom. The van der Waals surface area contributed by atoms with Crippen LogP contribution in [0.15, 0.2) is 17.6 Å². The zero-order valence-corrected chi connectivity index (χ0v) is 13.0. The fraction of sp³-hybridized carbons (Fsp3) is 0.727. The van der Waals surface area contributed by atoms with E-state index in [2.05, 4.69) is 20.0 Å². The lowest BCUT2D eigenvalue weighted by Crippen LogP contribution is -2.47. The van der Waals surface area contributed by atoms with Crippen molar-refractivity contribution < 1.29 is 13.2 Å². The van der Waals surface area contributed by atoms with Gasteiger partial charge in [-0.15, -0.1) is 12.4 Å². The minimum absolute atomic E-state index is 0. The molecule has 7 nitrogen and oxygen atoms in total. The van der Waals surface area contributed by atoms with Crippen LogP contribution in [0.2, 0.25) is 0 Å². The molecule has 0 amide bonds. The maximum Gasteiger partial charge on any atom is 0.257 e. The quantitative estimate of drug-likeness (QED) is 0.691. The highest BCUT2D eigenvalue weighted by atomic mass is 35.5. The van der Waals surface area contributed by atoms with Gasteiger partial charge in [0.25, 0.3) is 10.0 Å². The van der Waals surface area contributed by atoms with E-state index in [9.17, 15) is 8.42 Å². The van der Waals surface area contributed by atoms with Crippen LogP contribution in [-0.2, 0) is 14.8 Å². The zero-order valence-electron chi connectivity index (χ0n) is 11.4. The van der Waals surface area contributed by atoms with E-state index in [1.165, 1.54) is 12.5 Å². The Kier molecular flexibility index (Phi) is 6.41. The van der Waals surface area contributed by atoms with Crippen molar-refractivity contribution in [2.75, 3.05) is 33.4 Å². The molecule has 0 atom stereocenters. The molecule has 2 heterocycles. The van der Waals surface area contributed by atoms with Crippen molar-refractivity contribution in [2.24, 2.45) is 5.41 Å². The van der Waals surface area contributed by atoms with Crippen LogP contribution >= 0.6 is 12.4 Å². The number of imidazole rings is 1. The van der Waals surface area contributed by atoms with Crippen molar-refractivity contribution in [3.8, 4) is 0 Å². The number of nitrogens with zero attached hydrogens (tertiary/aromatic N) is 1. The average Bonchev–Trinajstić information content (AvgIpc) is 2.93. The summed E-state index contributed by atoms with van der Waals surface area (Å²) in [7, 11) is -1.87. The van der Waals surface area contributed by atoms with E-state index in [1.54, 1.807) is 7.11 Å². The first kappa shape index (κ1) is 17.4. The largest absolute Gasteiger partial charge is 0.384 e. The Hall–Kier alpha value is -0.670. The van der Waals surface area contributed by atoms with Crippen LogP contribution in [0.25, 0.3) is 0 Å². The maximum absolute atomic E-state index is 12.0. The third-order valence-corrected chi connectivity index (χ3v) is 4.84. The second kappa shape index (κ2) is 7.37. The van der Waals surface area contributed by atoms with E-state index < -0.39 is 10.0 Å². The number of aromatic amines is 1. The Labute approximate surface area is 125 Å². The van der Waals surface area contributed by atoms with Crippen molar-refractivity contribution >= 4 is 22.4 Å². The van der Waals surface area contributed by atoms with Gasteiger partial charge in [-0.2, -0.15) is 0 Å². The predicted octanol–water partition coefficient (Wildman–Crippen LogP) is 0.126. The lowest BCUT2D eigenvalue weighted by molar-refractivity contribution is 0.0577. The number of rotatable bonds is 6. The van der Waals surface area contributed by atoms with Gasteiger partial charge < -0.3 is 15.0 Å². The van der Waals surface area contributed by atoms with Gasteiger partial charge in [-0.3, -0.25) is 0 Å². The molecule has 0 saturated carbocycles. The third-order valence-electron chi connectivity index (χ3n) is 3.51. The molecule has 2 rings (SSSR count). The van der Waals surface area contributed by atoms with Gasteiger partial charge in [0.1, 0.15) is 0 Å². The highest BCUT2D eigenvalue weighted by Gasteiger charge is 2.33. The molecule has 1 fully saturated rings. The molecular weight excluding hydrogens is 304 g/mol. The Balaban J connectivity index is 0.00000200. The molecule has 0 unspecified atom stereocenters. The summed E-state index contributed by atoms with van der Waals surface area (Å²) in [5.74, 6) is 0. The Morgan fingerprint density at radius 2 is 2.15 bits per heavy atom. The fourth-order valence-corrected chi connectivity index (χ4v) is 3.41. The van der Waals surface area contributed by atoms with Gasteiger partial charge in [-0.1, -0.05) is 0 Å². The SMILES string of the molecule is COCC1(CNS(=O)(=O)c2cnc[nH]2)CCNCC1.Cl. The number of hydrogen-bond acceptors (Lipinski definition) is 5. The number of H-pyrrole nitrogens is 1. The maximum atomic E-state index is 12.0. The van der Waals surface area contributed by atoms with E-state index in [0.29, 0.717) is 13.2 Å². The number of halogens is 1. The summed E-state index contributed by atoms with van der Waals surface area (Å²) < 4.78 is 32.0. The number of methoxy groups -OCH3 is 1. The Morgan fingerprint density at radius 1 is 1.45 bits per heavy atom. The summed E-state index contributed by atoms with van der Waals surface area (Å²) >= 11 is 0. The van der Waals surface area contributed by atoms with Crippen molar-refractivity contribution in [3.05, 3.63) is 12.5 Å². The lowest BCUT2D eigenvalue weighted by atomic mass is 9.80. The van der Waals surface area contributed by atoms with Crippen LogP contribution in [0.4, 0.5) is 0 Å². The number of sulfonamides is 1. The molecule has 116 valence electrons. The van der Waals surface area contributed by atoms with Crippen LogP contribution in [0.5, 0.6) is 0 Å². The van der Waals surface area contributed by atoms with Crippen molar-refractivity contribution in [2.45, 2.75) is 17.9 Å².